The molecule has 0 fully saturated rings. The lowest BCUT2D eigenvalue weighted by atomic mass is 10.1. The van der Waals surface area contributed by atoms with Crippen molar-refractivity contribution in [3.8, 4) is 6.07 Å². The Bertz CT molecular complexity index is 416. The minimum Gasteiger partial charge on any atom is -0.466 e. The zero-order valence-electron chi connectivity index (χ0n) is 8.93. The number of methoxy groups -OCH3 is 1. The number of nitriles is 1. The summed E-state index contributed by atoms with van der Waals surface area (Å²) in [6, 6.07) is 9.27. The fourth-order valence-corrected chi connectivity index (χ4v) is 1.07. The first-order valence-electron chi connectivity index (χ1n) is 4.73. The molecule has 1 N–H and O–H groups in total. The first-order chi connectivity index (χ1) is 7.76. The van der Waals surface area contributed by atoms with Crippen molar-refractivity contribution in [2.24, 2.45) is 0 Å². The van der Waals surface area contributed by atoms with Gasteiger partial charge >= 0.3 is 5.97 Å². The molecular formula is C12H12N2O2. The second-order valence-corrected chi connectivity index (χ2v) is 3.05. The fraction of sp³-hybridized carbons (Fsp3) is 0.167. The number of nitrogens with zero attached hydrogens (tertiary/aromatic N) is 1. The van der Waals surface area contributed by atoms with E-state index in [-0.39, 0.29) is 0 Å². The monoisotopic (exact) mass is 216 g/mol. The molecule has 1 aromatic rings. The Balaban J connectivity index is 2.41. The first-order valence-corrected chi connectivity index (χ1v) is 4.73. The zero-order chi connectivity index (χ0) is 11.8. The number of hydrogen-bond donors (Lipinski definition) is 1. The SMILES string of the molecule is COC(=O)/C=C/NCc1ccc(C#N)cc1. The largest absolute Gasteiger partial charge is 0.466 e. The molecule has 1 rings (SSSR count). The van der Waals surface area contributed by atoms with Gasteiger partial charge < -0.3 is 10.1 Å². The van der Waals surface area contributed by atoms with Gasteiger partial charge in [0.15, 0.2) is 0 Å². The lowest BCUT2D eigenvalue weighted by Crippen LogP contribution is -2.06. The third-order valence-corrected chi connectivity index (χ3v) is 1.93. The maximum absolute atomic E-state index is 10.7. The molecule has 0 aliphatic carbocycles. The molecule has 4 nitrogen and oxygen atoms in total. The van der Waals surface area contributed by atoms with E-state index in [1.165, 1.54) is 19.4 Å². The summed E-state index contributed by atoms with van der Waals surface area (Å²) in [5.41, 5.74) is 1.67. The van der Waals surface area contributed by atoms with E-state index in [2.05, 4.69) is 10.1 Å². The molecule has 16 heavy (non-hydrogen) atoms. The van der Waals surface area contributed by atoms with Crippen molar-refractivity contribution >= 4 is 5.97 Å². The zero-order valence-corrected chi connectivity index (χ0v) is 8.93. The number of carbonyl (C=O) groups is 1. The van der Waals surface area contributed by atoms with Gasteiger partial charge in [-0.2, -0.15) is 5.26 Å². The van der Waals surface area contributed by atoms with E-state index in [4.69, 9.17) is 5.26 Å². The molecule has 0 bridgehead atoms. The molecule has 0 unspecified atom stereocenters. The summed E-state index contributed by atoms with van der Waals surface area (Å²) in [6.45, 7) is 0.596. The van der Waals surface area contributed by atoms with E-state index in [0.717, 1.165) is 5.56 Å². The summed E-state index contributed by atoms with van der Waals surface area (Å²) >= 11 is 0. The minimum atomic E-state index is -0.396. The van der Waals surface area contributed by atoms with Crippen molar-refractivity contribution in [3.63, 3.8) is 0 Å². The van der Waals surface area contributed by atoms with Crippen LogP contribution in [-0.4, -0.2) is 13.1 Å². The average Bonchev–Trinajstić information content (AvgIpc) is 2.35. The highest BCUT2D eigenvalue weighted by Crippen LogP contribution is 2.02. The van der Waals surface area contributed by atoms with Gasteiger partial charge in [0.25, 0.3) is 0 Å². The maximum Gasteiger partial charge on any atom is 0.331 e. The number of carbonyl (C=O) groups excluding carboxylic acids is 1. The standard InChI is InChI=1S/C12H12N2O2/c1-16-12(15)6-7-14-9-11-4-2-10(8-13)3-5-11/h2-7,14H,9H2,1H3/b7-6+. The van der Waals surface area contributed by atoms with Crippen LogP contribution in [0.5, 0.6) is 0 Å². The molecule has 1 aromatic carbocycles. The molecule has 0 saturated heterocycles. The normalized spacial score (nSPS) is 9.75. The van der Waals surface area contributed by atoms with Crippen LogP contribution in [0, 0.1) is 11.3 Å². The van der Waals surface area contributed by atoms with Crippen LogP contribution in [0.1, 0.15) is 11.1 Å². The Kier molecular flexibility index (Phi) is 4.61. The Morgan fingerprint density at radius 2 is 2.19 bits per heavy atom. The van der Waals surface area contributed by atoms with Crippen LogP contribution >= 0.6 is 0 Å². The molecule has 0 aliphatic rings. The van der Waals surface area contributed by atoms with Crippen molar-refractivity contribution in [3.05, 3.63) is 47.7 Å². The van der Waals surface area contributed by atoms with Gasteiger partial charge in [0.05, 0.1) is 18.7 Å². The van der Waals surface area contributed by atoms with E-state index < -0.39 is 5.97 Å². The van der Waals surface area contributed by atoms with E-state index >= 15 is 0 Å². The molecular weight excluding hydrogens is 204 g/mol. The third kappa shape index (κ3) is 3.84. The number of benzene rings is 1. The summed E-state index contributed by atoms with van der Waals surface area (Å²) in [5.74, 6) is -0.396. The highest BCUT2D eigenvalue weighted by molar-refractivity contribution is 5.81. The number of hydrogen-bond acceptors (Lipinski definition) is 4. The highest BCUT2D eigenvalue weighted by Gasteiger charge is 1.92. The van der Waals surface area contributed by atoms with Gasteiger partial charge in [0.1, 0.15) is 0 Å². The Labute approximate surface area is 94.1 Å². The van der Waals surface area contributed by atoms with Gasteiger partial charge in [0.2, 0.25) is 0 Å². The van der Waals surface area contributed by atoms with Crippen molar-refractivity contribution in [1.29, 1.82) is 5.26 Å². The first kappa shape index (κ1) is 11.8. The van der Waals surface area contributed by atoms with Gasteiger partial charge in [-0.15, -0.1) is 0 Å². The lowest BCUT2D eigenvalue weighted by Gasteiger charge is -2.00. The van der Waals surface area contributed by atoms with E-state index in [1.54, 1.807) is 12.1 Å². The summed E-state index contributed by atoms with van der Waals surface area (Å²) in [5, 5.41) is 11.5. The molecule has 0 saturated carbocycles. The van der Waals surface area contributed by atoms with Crippen molar-refractivity contribution in [2.75, 3.05) is 7.11 Å². The quantitative estimate of drug-likeness (QED) is 0.609. The fourth-order valence-electron chi connectivity index (χ4n) is 1.07. The Morgan fingerprint density at radius 1 is 1.50 bits per heavy atom. The highest BCUT2D eigenvalue weighted by atomic mass is 16.5. The molecule has 4 heteroatoms. The van der Waals surface area contributed by atoms with Gasteiger partial charge in [-0.1, -0.05) is 12.1 Å². The Morgan fingerprint density at radius 3 is 2.75 bits per heavy atom. The van der Waals surface area contributed by atoms with Crippen molar-refractivity contribution < 1.29 is 9.53 Å². The molecule has 0 aromatic heterocycles. The molecule has 82 valence electrons. The van der Waals surface area contributed by atoms with Crippen LogP contribution in [0.4, 0.5) is 0 Å². The predicted molar refractivity (Wildman–Crippen MR) is 59.2 cm³/mol. The van der Waals surface area contributed by atoms with Crippen LogP contribution in [0.3, 0.4) is 0 Å². The molecule has 0 aliphatic heterocycles. The van der Waals surface area contributed by atoms with Crippen LogP contribution in [0.25, 0.3) is 0 Å². The lowest BCUT2D eigenvalue weighted by molar-refractivity contribution is -0.134. The second kappa shape index (κ2) is 6.25. The Hall–Kier alpha value is -2.28. The molecule has 0 radical (unpaired) electrons. The van der Waals surface area contributed by atoms with E-state index in [1.807, 2.05) is 18.2 Å². The summed E-state index contributed by atoms with van der Waals surface area (Å²) in [6.07, 6.45) is 2.84. The van der Waals surface area contributed by atoms with Crippen LogP contribution in [0.2, 0.25) is 0 Å². The summed E-state index contributed by atoms with van der Waals surface area (Å²) in [7, 11) is 1.33. The van der Waals surface area contributed by atoms with Gasteiger partial charge in [-0.05, 0) is 17.7 Å². The predicted octanol–water partition coefficient (Wildman–Crippen LogP) is 1.33. The average molecular weight is 216 g/mol. The van der Waals surface area contributed by atoms with Crippen LogP contribution < -0.4 is 5.32 Å². The van der Waals surface area contributed by atoms with Gasteiger partial charge in [-0.3, -0.25) is 0 Å². The van der Waals surface area contributed by atoms with Gasteiger partial charge in [-0.25, -0.2) is 4.79 Å². The van der Waals surface area contributed by atoms with Gasteiger partial charge in [0, 0.05) is 18.8 Å². The van der Waals surface area contributed by atoms with Crippen LogP contribution in [0.15, 0.2) is 36.5 Å². The summed E-state index contributed by atoms with van der Waals surface area (Å²) < 4.78 is 4.43. The molecule has 0 amide bonds. The minimum absolute atomic E-state index is 0.396. The molecule has 0 spiro atoms. The van der Waals surface area contributed by atoms with Crippen molar-refractivity contribution in [2.45, 2.75) is 6.54 Å². The number of nitrogens with one attached hydrogen (secondary N) is 1. The number of esters is 1. The van der Waals surface area contributed by atoms with Crippen LogP contribution in [-0.2, 0) is 16.1 Å². The number of rotatable bonds is 4. The van der Waals surface area contributed by atoms with Crippen molar-refractivity contribution in [1.82, 2.24) is 5.32 Å². The molecule has 0 heterocycles. The third-order valence-electron chi connectivity index (χ3n) is 1.93. The molecule has 0 atom stereocenters. The summed E-state index contributed by atoms with van der Waals surface area (Å²) in [4.78, 5) is 10.7. The maximum atomic E-state index is 10.7. The number of ether oxygens (including phenoxy) is 1. The smallest absolute Gasteiger partial charge is 0.331 e. The topological polar surface area (TPSA) is 62.1 Å². The second-order valence-electron chi connectivity index (χ2n) is 3.05. The van der Waals surface area contributed by atoms with E-state index in [9.17, 15) is 4.79 Å². The van der Waals surface area contributed by atoms with E-state index in [0.29, 0.717) is 12.1 Å².